The second kappa shape index (κ2) is 5.22. The first-order chi connectivity index (χ1) is 5.86. The SMILES string of the molecule is CC(C)CC(C(=O)O)N(C)C(C)C. The van der Waals surface area contributed by atoms with E-state index in [1.807, 2.05) is 39.6 Å². The van der Waals surface area contributed by atoms with E-state index in [1.165, 1.54) is 0 Å². The van der Waals surface area contributed by atoms with Gasteiger partial charge in [-0.05, 0) is 33.2 Å². The highest BCUT2D eigenvalue weighted by atomic mass is 16.4. The fourth-order valence-electron chi connectivity index (χ4n) is 1.25. The van der Waals surface area contributed by atoms with Gasteiger partial charge >= 0.3 is 5.97 Å². The van der Waals surface area contributed by atoms with Crippen LogP contribution in [-0.4, -0.2) is 35.1 Å². The molecule has 0 bridgehead atoms. The number of aliphatic carboxylic acids is 1. The van der Waals surface area contributed by atoms with Crippen LogP contribution in [0.4, 0.5) is 0 Å². The predicted molar refractivity (Wildman–Crippen MR) is 53.8 cm³/mol. The van der Waals surface area contributed by atoms with Gasteiger partial charge in [0, 0.05) is 6.04 Å². The Balaban J connectivity index is 4.33. The quantitative estimate of drug-likeness (QED) is 0.713. The third-order valence-corrected chi connectivity index (χ3v) is 2.29. The van der Waals surface area contributed by atoms with Crippen LogP contribution >= 0.6 is 0 Å². The average molecular weight is 187 g/mol. The molecule has 0 saturated carbocycles. The van der Waals surface area contributed by atoms with Crippen molar-refractivity contribution in [3.63, 3.8) is 0 Å². The highest BCUT2D eigenvalue weighted by Crippen LogP contribution is 2.12. The van der Waals surface area contributed by atoms with E-state index in [9.17, 15) is 4.79 Å². The van der Waals surface area contributed by atoms with Crippen molar-refractivity contribution >= 4 is 5.97 Å². The second-order valence-electron chi connectivity index (χ2n) is 4.24. The van der Waals surface area contributed by atoms with Crippen LogP contribution in [0.5, 0.6) is 0 Å². The Morgan fingerprint density at radius 2 is 1.77 bits per heavy atom. The molecule has 3 nitrogen and oxygen atoms in total. The highest BCUT2D eigenvalue weighted by Gasteiger charge is 2.24. The van der Waals surface area contributed by atoms with Gasteiger partial charge in [0.25, 0.3) is 0 Å². The summed E-state index contributed by atoms with van der Waals surface area (Å²) in [6, 6.07) is -0.0696. The molecule has 3 heteroatoms. The Morgan fingerprint density at radius 1 is 1.31 bits per heavy atom. The van der Waals surface area contributed by atoms with Crippen molar-refractivity contribution < 1.29 is 9.90 Å². The van der Waals surface area contributed by atoms with Gasteiger partial charge in [-0.1, -0.05) is 13.8 Å². The molecule has 1 unspecified atom stereocenters. The molecule has 0 saturated heterocycles. The third-order valence-electron chi connectivity index (χ3n) is 2.29. The minimum atomic E-state index is -0.718. The lowest BCUT2D eigenvalue weighted by molar-refractivity contribution is -0.144. The highest BCUT2D eigenvalue weighted by molar-refractivity contribution is 5.73. The minimum Gasteiger partial charge on any atom is -0.480 e. The van der Waals surface area contributed by atoms with Gasteiger partial charge in [0.05, 0.1) is 0 Å². The van der Waals surface area contributed by atoms with E-state index in [0.29, 0.717) is 12.3 Å². The van der Waals surface area contributed by atoms with Crippen LogP contribution in [0.3, 0.4) is 0 Å². The summed E-state index contributed by atoms with van der Waals surface area (Å²) in [5.74, 6) is -0.299. The molecule has 0 aliphatic heterocycles. The summed E-state index contributed by atoms with van der Waals surface area (Å²) in [6.07, 6.45) is 0.712. The van der Waals surface area contributed by atoms with E-state index in [4.69, 9.17) is 5.11 Å². The number of nitrogens with zero attached hydrogens (tertiary/aromatic N) is 1. The largest absolute Gasteiger partial charge is 0.480 e. The summed E-state index contributed by atoms with van der Waals surface area (Å²) in [6.45, 7) is 8.11. The maximum Gasteiger partial charge on any atom is 0.320 e. The molecule has 0 aliphatic carbocycles. The lowest BCUT2D eigenvalue weighted by atomic mass is 10.0. The molecule has 0 heterocycles. The zero-order chi connectivity index (χ0) is 10.6. The molecule has 0 spiro atoms. The summed E-state index contributed by atoms with van der Waals surface area (Å²) < 4.78 is 0. The topological polar surface area (TPSA) is 40.5 Å². The van der Waals surface area contributed by atoms with Gasteiger partial charge in [-0.2, -0.15) is 0 Å². The fourth-order valence-corrected chi connectivity index (χ4v) is 1.25. The van der Waals surface area contributed by atoms with E-state index in [0.717, 1.165) is 0 Å². The van der Waals surface area contributed by atoms with Crippen LogP contribution in [0, 0.1) is 5.92 Å². The maximum atomic E-state index is 10.9. The molecule has 78 valence electrons. The van der Waals surface area contributed by atoms with Crippen molar-refractivity contribution in [2.45, 2.75) is 46.2 Å². The maximum absolute atomic E-state index is 10.9. The van der Waals surface area contributed by atoms with Crippen molar-refractivity contribution in [1.29, 1.82) is 0 Å². The molecular formula is C10H21NO2. The van der Waals surface area contributed by atoms with Crippen molar-refractivity contribution in [3.05, 3.63) is 0 Å². The lowest BCUT2D eigenvalue weighted by Gasteiger charge is -2.29. The molecule has 0 radical (unpaired) electrons. The van der Waals surface area contributed by atoms with E-state index in [1.54, 1.807) is 0 Å². The number of likely N-dealkylation sites (N-methyl/N-ethyl adjacent to an activating group) is 1. The van der Waals surface area contributed by atoms with E-state index >= 15 is 0 Å². The van der Waals surface area contributed by atoms with Gasteiger partial charge in [0.2, 0.25) is 0 Å². The molecule has 0 aromatic heterocycles. The molecule has 0 fully saturated rings. The molecule has 0 aromatic rings. The van der Waals surface area contributed by atoms with Crippen LogP contribution in [0.15, 0.2) is 0 Å². The molecule has 0 aliphatic rings. The number of hydrogen-bond acceptors (Lipinski definition) is 2. The summed E-state index contributed by atoms with van der Waals surface area (Å²) in [7, 11) is 1.87. The zero-order valence-corrected chi connectivity index (χ0v) is 9.24. The van der Waals surface area contributed by atoms with E-state index in [-0.39, 0.29) is 12.1 Å². The number of carboxylic acids is 1. The molecule has 0 aromatic carbocycles. The van der Waals surface area contributed by atoms with Crippen molar-refractivity contribution in [2.24, 2.45) is 5.92 Å². The van der Waals surface area contributed by atoms with Crippen LogP contribution in [0.25, 0.3) is 0 Å². The monoisotopic (exact) mass is 187 g/mol. The summed E-state index contributed by atoms with van der Waals surface area (Å²) in [5.41, 5.74) is 0. The molecule has 1 N–H and O–H groups in total. The van der Waals surface area contributed by atoms with E-state index < -0.39 is 5.97 Å². The molecule has 0 amide bonds. The van der Waals surface area contributed by atoms with Crippen molar-refractivity contribution in [2.75, 3.05) is 7.05 Å². The van der Waals surface area contributed by atoms with E-state index in [2.05, 4.69) is 0 Å². The zero-order valence-electron chi connectivity index (χ0n) is 9.24. The standard InChI is InChI=1S/C10H21NO2/c1-7(2)6-9(10(12)13)11(5)8(3)4/h7-9H,6H2,1-5H3,(H,12,13). The smallest absolute Gasteiger partial charge is 0.320 e. The van der Waals surface area contributed by atoms with Gasteiger partial charge in [0.15, 0.2) is 0 Å². The summed E-state index contributed by atoms with van der Waals surface area (Å²) in [5, 5.41) is 9.00. The molecule has 0 rings (SSSR count). The number of carbonyl (C=O) groups is 1. The summed E-state index contributed by atoms with van der Waals surface area (Å²) >= 11 is 0. The van der Waals surface area contributed by atoms with Crippen molar-refractivity contribution in [3.8, 4) is 0 Å². The first-order valence-corrected chi connectivity index (χ1v) is 4.81. The molecule has 13 heavy (non-hydrogen) atoms. The summed E-state index contributed by atoms with van der Waals surface area (Å²) in [4.78, 5) is 12.8. The number of carboxylic acid groups (broad SMARTS) is 1. The van der Waals surface area contributed by atoms with Gasteiger partial charge in [0.1, 0.15) is 6.04 Å². The Morgan fingerprint density at radius 3 is 2.00 bits per heavy atom. The van der Waals surface area contributed by atoms with Crippen LogP contribution in [0.2, 0.25) is 0 Å². The fraction of sp³-hybridized carbons (Fsp3) is 0.900. The minimum absolute atomic E-state index is 0.278. The number of hydrogen-bond donors (Lipinski definition) is 1. The van der Waals surface area contributed by atoms with Gasteiger partial charge in [-0.3, -0.25) is 9.69 Å². The molecular weight excluding hydrogens is 166 g/mol. The third kappa shape index (κ3) is 4.27. The second-order valence-corrected chi connectivity index (χ2v) is 4.24. The van der Waals surface area contributed by atoms with Gasteiger partial charge in [-0.15, -0.1) is 0 Å². The van der Waals surface area contributed by atoms with Crippen LogP contribution in [0.1, 0.15) is 34.1 Å². The average Bonchev–Trinajstić information content (AvgIpc) is 1.97. The van der Waals surface area contributed by atoms with Gasteiger partial charge in [-0.25, -0.2) is 0 Å². The predicted octanol–water partition coefficient (Wildman–Crippen LogP) is 1.83. The van der Waals surface area contributed by atoms with Crippen molar-refractivity contribution in [1.82, 2.24) is 4.90 Å². The first-order valence-electron chi connectivity index (χ1n) is 4.81. The Labute approximate surface area is 80.7 Å². The molecule has 1 atom stereocenters. The first kappa shape index (κ1) is 12.4. The van der Waals surface area contributed by atoms with Crippen LogP contribution in [-0.2, 0) is 4.79 Å². The van der Waals surface area contributed by atoms with Crippen LogP contribution < -0.4 is 0 Å². The Bertz CT molecular complexity index is 166. The normalized spacial score (nSPS) is 14.2. The lowest BCUT2D eigenvalue weighted by Crippen LogP contribution is -2.43. The van der Waals surface area contributed by atoms with Gasteiger partial charge < -0.3 is 5.11 Å². The Hall–Kier alpha value is -0.570. The number of rotatable bonds is 5. The Kier molecular flexibility index (Phi) is 4.99.